The van der Waals surface area contributed by atoms with Crippen molar-refractivity contribution in [3.05, 3.63) is 0 Å². The van der Waals surface area contributed by atoms with E-state index in [4.69, 9.17) is 0 Å². The minimum atomic E-state index is -0.352. The van der Waals surface area contributed by atoms with E-state index in [0.717, 1.165) is 25.4 Å². The molecule has 0 aromatic heterocycles. The summed E-state index contributed by atoms with van der Waals surface area (Å²) >= 11 is 0. The highest BCUT2D eigenvalue weighted by Gasteiger charge is 2.31. The fourth-order valence-corrected chi connectivity index (χ4v) is 2.16. The second-order valence-corrected chi connectivity index (χ2v) is 4.44. The zero-order valence-corrected chi connectivity index (χ0v) is 7.68. The third kappa shape index (κ3) is 1.80. The normalized spacial score (nSPS) is 28.8. The van der Waals surface area contributed by atoms with E-state index in [9.17, 15) is 5.11 Å². The van der Waals surface area contributed by atoms with Gasteiger partial charge in [-0.3, -0.25) is 0 Å². The van der Waals surface area contributed by atoms with Gasteiger partial charge in [-0.1, -0.05) is 19.3 Å². The number of rotatable bonds is 3. The van der Waals surface area contributed by atoms with Gasteiger partial charge in [0.2, 0.25) is 0 Å². The Labute approximate surface area is 74.4 Å². The van der Waals surface area contributed by atoms with Gasteiger partial charge in [-0.05, 0) is 25.7 Å². The van der Waals surface area contributed by atoms with Crippen LogP contribution in [0.2, 0.25) is 0 Å². The Morgan fingerprint density at radius 2 is 1.83 bits per heavy atom. The third-order valence-electron chi connectivity index (χ3n) is 3.36. The standard InChI is InChI=1S/C10H19NO/c12-10(6-1-2-7-10)8-11-9-4-3-5-9/h9,11-12H,1-8H2. The molecule has 0 bridgehead atoms. The Morgan fingerprint density at radius 3 is 2.33 bits per heavy atom. The minimum absolute atomic E-state index is 0.352. The van der Waals surface area contributed by atoms with E-state index in [1.54, 1.807) is 0 Å². The molecule has 0 unspecified atom stereocenters. The van der Waals surface area contributed by atoms with Gasteiger partial charge < -0.3 is 10.4 Å². The average Bonchev–Trinajstić information content (AvgIpc) is 2.33. The molecule has 0 atom stereocenters. The molecule has 2 N–H and O–H groups in total. The molecular weight excluding hydrogens is 150 g/mol. The largest absolute Gasteiger partial charge is 0.389 e. The fraction of sp³-hybridized carbons (Fsp3) is 1.00. The van der Waals surface area contributed by atoms with E-state index in [0.29, 0.717) is 0 Å². The maximum atomic E-state index is 10.00. The molecule has 2 aliphatic carbocycles. The summed E-state index contributed by atoms with van der Waals surface area (Å²) in [5, 5.41) is 13.4. The van der Waals surface area contributed by atoms with Crippen molar-refractivity contribution in [3.8, 4) is 0 Å². The summed E-state index contributed by atoms with van der Waals surface area (Å²) in [5.74, 6) is 0. The van der Waals surface area contributed by atoms with Gasteiger partial charge in [-0.2, -0.15) is 0 Å². The van der Waals surface area contributed by atoms with Crippen LogP contribution >= 0.6 is 0 Å². The molecule has 2 rings (SSSR count). The van der Waals surface area contributed by atoms with Crippen molar-refractivity contribution in [1.29, 1.82) is 0 Å². The molecule has 0 aromatic carbocycles. The number of hydrogen-bond donors (Lipinski definition) is 2. The molecule has 2 fully saturated rings. The molecule has 0 aliphatic heterocycles. The van der Waals surface area contributed by atoms with E-state index in [1.807, 2.05) is 0 Å². The van der Waals surface area contributed by atoms with Crippen LogP contribution < -0.4 is 5.32 Å². The van der Waals surface area contributed by atoms with E-state index < -0.39 is 0 Å². The van der Waals surface area contributed by atoms with Crippen LogP contribution in [0.25, 0.3) is 0 Å². The summed E-state index contributed by atoms with van der Waals surface area (Å²) in [6, 6.07) is 0.717. The van der Waals surface area contributed by atoms with Gasteiger partial charge in [-0.15, -0.1) is 0 Å². The van der Waals surface area contributed by atoms with Crippen molar-refractivity contribution in [2.75, 3.05) is 6.54 Å². The van der Waals surface area contributed by atoms with Crippen molar-refractivity contribution >= 4 is 0 Å². The molecule has 0 heterocycles. The van der Waals surface area contributed by atoms with Crippen molar-refractivity contribution in [1.82, 2.24) is 5.32 Å². The Kier molecular flexibility index (Phi) is 2.37. The molecular formula is C10H19NO. The lowest BCUT2D eigenvalue weighted by Gasteiger charge is -2.31. The summed E-state index contributed by atoms with van der Waals surface area (Å²) in [7, 11) is 0. The van der Waals surface area contributed by atoms with Gasteiger partial charge in [0, 0.05) is 12.6 Å². The number of nitrogens with one attached hydrogen (secondary N) is 1. The van der Waals surface area contributed by atoms with E-state index >= 15 is 0 Å². The molecule has 0 radical (unpaired) electrons. The fourth-order valence-electron chi connectivity index (χ4n) is 2.16. The monoisotopic (exact) mass is 169 g/mol. The maximum Gasteiger partial charge on any atom is 0.0771 e. The maximum absolute atomic E-state index is 10.00. The van der Waals surface area contributed by atoms with Crippen LogP contribution in [0, 0.1) is 0 Å². The lowest BCUT2D eigenvalue weighted by atomic mass is 9.92. The third-order valence-corrected chi connectivity index (χ3v) is 3.36. The summed E-state index contributed by atoms with van der Waals surface area (Å²) < 4.78 is 0. The molecule has 0 spiro atoms. The zero-order valence-electron chi connectivity index (χ0n) is 7.68. The smallest absolute Gasteiger partial charge is 0.0771 e. The first kappa shape index (κ1) is 8.52. The van der Waals surface area contributed by atoms with E-state index in [1.165, 1.54) is 32.1 Å². The van der Waals surface area contributed by atoms with Gasteiger partial charge in [-0.25, -0.2) is 0 Å². The number of aliphatic hydroxyl groups is 1. The van der Waals surface area contributed by atoms with Crippen LogP contribution in [0.1, 0.15) is 44.9 Å². The predicted octanol–water partition coefficient (Wildman–Crippen LogP) is 1.43. The van der Waals surface area contributed by atoms with Crippen LogP contribution in [0.3, 0.4) is 0 Å². The zero-order chi connectivity index (χ0) is 8.44. The molecule has 2 saturated carbocycles. The lowest BCUT2D eigenvalue weighted by molar-refractivity contribution is 0.0417. The highest BCUT2D eigenvalue weighted by atomic mass is 16.3. The van der Waals surface area contributed by atoms with Gasteiger partial charge in [0.05, 0.1) is 5.60 Å². The van der Waals surface area contributed by atoms with Crippen LogP contribution in [0.5, 0.6) is 0 Å². The average molecular weight is 169 g/mol. The van der Waals surface area contributed by atoms with Crippen LogP contribution in [-0.4, -0.2) is 23.3 Å². The highest BCUT2D eigenvalue weighted by molar-refractivity contribution is 4.88. The molecule has 0 aromatic rings. The first-order valence-electron chi connectivity index (χ1n) is 5.24. The summed E-state index contributed by atoms with van der Waals surface area (Å²) in [6.45, 7) is 0.831. The second-order valence-electron chi connectivity index (χ2n) is 4.44. The van der Waals surface area contributed by atoms with Crippen LogP contribution in [0.15, 0.2) is 0 Å². The molecule has 2 heteroatoms. The van der Waals surface area contributed by atoms with Gasteiger partial charge in [0.1, 0.15) is 0 Å². The molecule has 0 saturated heterocycles. The van der Waals surface area contributed by atoms with Gasteiger partial charge in [0.15, 0.2) is 0 Å². The molecule has 70 valence electrons. The predicted molar refractivity (Wildman–Crippen MR) is 49.1 cm³/mol. The van der Waals surface area contributed by atoms with Crippen molar-refractivity contribution in [3.63, 3.8) is 0 Å². The minimum Gasteiger partial charge on any atom is -0.389 e. The molecule has 2 nitrogen and oxygen atoms in total. The van der Waals surface area contributed by atoms with Gasteiger partial charge >= 0.3 is 0 Å². The van der Waals surface area contributed by atoms with Crippen molar-refractivity contribution in [2.24, 2.45) is 0 Å². The molecule has 0 amide bonds. The van der Waals surface area contributed by atoms with E-state index in [-0.39, 0.29) is 5.60 Å². The van der Waals surface area contributed by atoms with E-state index in [2.05, 4.69) is 5.32 Å². The Bertz CT molecular complexity index is 148. The summed E-state index contributed by atoms with van der Waals surface area (Å²) in [6.07, 6.45) is 8.44. The second kappa shape index (κ2) is 3.35. The van der Waals surface area contributed by atoms with Crippen molar-refractivity contribution < 1.29 is 5.11 Å². The SMILES string of the molecule is OC1(CNC2CCC2)CCCC1. The molecule has 12 heavy (non-hydrogen) atoms. The summed E-state index contributed by atoms with van der Waals surface area (Å²) in [5.41, 5.74) is -0.352. The van der Waals surface area contributed by atoms with Crippen LogP contribution in [-0.2, 0) is 0 Å². The van der Waals surface area contributed by atoms with Gasteiger partial charge in [0.25, 0.3) is 0 Å². The summed E-state index contributed by atoms with van der Waals surface area (Å²) in [4.78, 5) is 0. The Balaban J connectivity index is 1.70. The Hall–Kier alpha value is -0.0800. The Morgan fingerprint density at radius 1 is 1.17 bits per heavy atom. The first-order chi connectivity index (χ1) is 5.79. The topological polar surface area (TPSA) is 32.3 Å². The first-order valence-corrected chi connectivity index (χ1v) is 5.24. The number of hydrogen-bond acceptors (Lipinski definition) is 2. The van der Waals surface area contributed by atoms with Crippen molar-refractivity contribution in [2.45, 2.75) is 56.6 Å². The quantitative estimate of drug-likeness (QED) is 0.670. The lowest BCUT2D eigenvalue weighted by Crippen LogP contribution is -2.45. The highest BCUT2D eigenvalue weighted by Crippen LogP contribution is 2.29. The molecule has 2 aliphatic rings. The van der Waals surface area contributed by atoms with Crippen LogP contribution in [0.4, 0.5) is 0 Å².